The van der Waals surface area contributed by atoms with Crippen LogP contribution in [0.1, 0.15) is 67.2 Å². The molecule has 2 saturated heterocycles. The number of piperidine rings is 1. The number of rotatable bonds is 8. The topological polar surface area (TPSA) is 123 Å². The summed E-state index contributed by atoms with van der Waals surface area (Å²) < 4.78 is 0. The first kappa shape index (κ1) is 28.6. The number of nitrogens with zero attached hydrogens (tertiary/aromatic N) is 5. The Kier molecular flexibility index (Phi) is 9.07. The highest BCUT2D eigenvalue weighted by Gasteiger charge is 2.27. The number of carbonyl (C=O) groups excluding carboxylic acids is 1. The highest BCUT2D eigenvalue weighted by molar-refractivity contribution is 5.96. The van der Waals surface area contributed by atoms with E-state index >= 15 is 0 Å². The van der Waals surface area contributed by atoms with Crippen LogP contribution >= 0.6 is 0 Å². The van der Waals surface area contributed by atoms with Crippen molar-refractivity contribution in [3.05, 3.63) is 35.2 Å². The molecule has 2 aliphatic heterocycles. The summed E-state index contributed by atoms with van der Waals surface area (Å²) in [7, 11) is 2.21. The van der Waals surface area contributed by atoms with Gasteiger partial charge in [-0.25, -0.2) is 9.97 Å². The Morgan fingerprint density at radius 3 is 2.33 bits per heavy atom. The van der Waals surface area contributed by atoms with E-state index in [9.17, 15) is 9.90 Å². The lowest BCUT2D eigenvalue weighted by atomic mass is 9.93. The van der Waals surface area contributed by atoms with Crippen LogP contribution < -0.4 is 21.3 Å². The number of aryl methyl sites for hydroxylation is 2. The number of nitrogens with two attached hydrogens (primary N) is 1. The van der Waals surface area contributed by atoms with E-state index < -0.39 is 5.91 Å². The molecule has 5 N–H and O–H groups in total. The zero-order valence-corrected chi connectivity index (χ0v) is 24.3. The second-order valence-corrected chi connectivity index (χ2v) is 11.8. The van der Waals surface area contributed by atoms with Crippen molar-refractivity contribution in [2.75, 3.05) is 61.8 Å². The number of aliphatic hydroxyl groups excluding tert-OH is 1. The number of carbonyl (C=O) groups is 1. The molecule has 10 nitrogen and oxygen atoms in total. The van der Waals surface area contributed by atoms with Crippen molar-refractivity contribution in [2.24, 2.45) is 5.73 Å². The van der Waals surface area contributed by atoms with Crippen molar-refractivity contribution in [2.45, 2.75) is 77.0 Å². The van der Waals surface area contributed by atoms with E-state index in [2.05, 4.69) is 56.4 Å². The van der Waals surface area contributed by atoms with Gasteiger partial charge in [-0.05, 0) is 82.7 Å². The minimum Gasteiger partial charge on any atom is -0.393 e. The molecule has 1 aromatic heterocycles. The zero-order valence-electron chi connectivity index (χ0n) is 24.3. The van der Waals surface area contributed by atoms with Gasteiger partial charge >= 0.3 is 0 Å². The number of anilines is 4. The van der Waals surface area contributed by atoms with Gasteiger partial charge in [-0.1, -0.05) is 6.92 Å². The third-order valence-electron chi connectivity index (χ3n) is 8.89. The van der Waals surface area contributed by atoms with Gasteiger partial charge in [-0.15, -0.1) is 0 Å². The molecule has 0 radical (unpaired) electrons. The minimum absolute atomic E-state index is 0.147. The lowest BCUT2D eigenvalue weighted by Gasteiger charge is -2.43. The van der Waals surface area contributed by atoms with Crippen LogP contribution in [0.4, 0.5) is 23.0 Å². The number of likely N-dealkylation sites (N-methyl/N-ethyl adjacent to an activating group) is 1. The Hall–Kier alpha value is -2.95. The van der Waals surface area contributed by atoms with Crippen LogP contribution in [-0.4, -0.2) is 95.3 Å². The third kappa shape index (κ3) is 6.67. The van der Waals surface area contributed by atoms with Gasteiger partial charge in [0.25, 0.3) is 5.91 Å². The summed E-state index contributed by atoms with van der Waals surface area (Å²) in [5.74, 6) is 0.435. The molecule has 10 heteroatoms. The van der Waals surface area contributed by atoms with Gasteiger partial charge in [0.15, 0.2) is 11.5 Å². The van der Waals surface area contributed by atoms with Gasteiger partial charge < -0.3 is 31.3 Å². The summed E-state index contributed by atoms with van der Waals surface area (Å²) in [5.41, 5.74) is 9.88. The van der Waals surface area contributed by atoms with E-state index in [1.165, 1.54) is 50.3 Å². The molecule has 0 unspecified atom stereocenters. The number of primary amides is 1. The molecule has 0 spiro atoms. The molecule has 3 heterocycles. The Balaban J connectivity index is 1.28. The predicted octanol–water partition coefficient (Wildman–Crippen LogP) is 3.12. The number of hydrogen-bond acceptors (Lipinski definition) is 9. The summed E-state index contributed by atoms with van der Waals surface area (Å²) in [6.07, 6.45) is 6.09. The van der Waals surface area contributed by atoms with Gasteiger partial charge in [0.2, 0.25) is 0 Å². The second-order valence-electron chi connectivity index (χ2n) is 11.8. The first-order valence-electron chi connectivity index (χ1n) is 15.0. The molecule has 1 aliphatic carbocycles. The predicted molar refractivity (Wildman–Crippen MR) is 161 cm³/mol. The zero-order chi connectivity index (χ0) is 28.2. The molecule has 2 aromatic rings. The molecular formula is C30H46N8O2. The van der Waals surface area contributed by atoms with Gasteiger partial charge in [0.05, 0.1) is 11.8 Å². The molecule has 5 rings (SSSR count). The van der Waals surface area contributed by atoms with E-state index in [-0.39, 0.29) is 17.8 Å². The normalized spacial score (nSPS) is 23.2. The highest BCUT2D eigenvalue weighted by Crippen LogP contribution is 2.31. The minimum atomic E-state index is -0.603. The second kappa shape index (κ2) is 12.7. The van der Waals surface area contributed by atoms with E-state index in [1.807, 2.05) is 13.0 Å². The fourth-order valence-electron chi connectivity index (χ4n) is 6.39. The average molecular weight is 551 g/mol. The number of aromatic nitrogens is 2. The van der Waals surface area contributed by atoms with Crippen molar-refractivity contribution >= 4 is 28.9 Å². The summed E-state index contributed by atoms with van der Waals surface area (Å²) in [5, 5.41) is 16.7. The Bertz CT molecular complexity index is 1170. The van der Waals surface area contributed by atoms with Crippen LogP contribution in [0.3, 0.4) is 0 Å². The number of nitrogens with one attached hydrogen (secondary N) is 2. The van der Waals surface area contributed by atoms with Crippen LogP contribution in [0.15, 0.2) is 18.2 Å². The molecule has 3 fully saturated rings. The highest BCUT2D eigenvalue weighted by atomic mass is 16.3. The van der Waals surface area contributed by atoms with Crippen molar-refractivity contribution in [3.63, 3.8) is 0 Å². The van der Waals surface area contributed by atoms with Crippen LogP contribution in [0.25, 0.3) is 0 Å². The molecule has 3 aliphatic rings. The maximum atomic E-state index is 12.3. The Morgan fingerprint density at radius 1 is 1.00 bits per heavy atom. The molecule has 40 heavy (non-hydrogen) atoms. The van der Waals surface area contributed by atoms with E-state index in [0.717, 1.165) is 50.2 Å². The maximum absolute atomic E-state index is 12.3. The Labute approximate surface area is 238 Å². The maximum Gasteiger partial charge on any atom is 0.271 e. The third-order valence-corrected chi connectivity index (χ3v) is 8.89. The van der Waals surface area contributed by atoms with Crippen LogP contribution in [0, 0.1) is 6.92 Å². The van der Waals surface area contributed by atoms with Gasteiger partial charge in [0, 0.05) is 62.7 Å². The van der Waals surface area contributed by atoms with Gasteiger partial charge in [-0.3, -0.25) is 9.69 Å². The lowest BCUT2D eigenvalue weighted by Crippen LogP contribution is -2.52. The number of hydrogen-bond donors (Lipinski definition) is 4. The largest absolute Gasteiger partial charge is 0.393 e. The van der Waals surface area contributed by atoms with Crippen molar-refractivity contribution in [1.29, 1.82) is 0 Å². The number of aliphatic hydroxyl groups is 1. The molecular weight excluding hydrogens is 504 g/mol. The van der Waals surface area contributed by atoms with Crippen LogP contribution in [0.2, 0.25) is 0 Å². The van der Waals surface area contributed by atoms with Crippen LogP contribution in [-0.2, 0) is 6.42 Å². The fourth-order valence-corrected chi connectivity index (χ4v) is 6.39. The van der Waals surface area contributed by atoms with Crippen molar-refractivity contribution in [3.8, 4) is 0 Å². The quantitative estimate of drug-likeness (QED) is 0.393. The summed E-state index contributed by atoms with van der Waals surface area (Å²) in [6.45, 7) is 10.9. The smallest absolute Gasteiger partial charge is 0.271 e. The monoisotopic (exact) mass is 550 g/mol. The molecule has 1 aromatic carbocycles. The molecule has 0 bridgehead atoms. The lowest BCUT2D eigenvalue weighted by molar-refractivity contribution is 0.0982. The number of benzene rings is 1. The summed E-state index contributed by atoms with van der Waals surface area (Å²) >= 11 is 0. The van der Waals surface area contributed by atoms with Gasteiger partial charge in [0.1, 0.15) is 5.82 Å². The number of piperazine rings is 1. The summed E-state index contributed by atoms with van der Waals surface area (Å²) in [4.78, 5) is 29.3. The van der Waals surface area contributed by atoms with E-state index in [4.69, 9.17) is 10.7 Å². The van der Waals surface area contributed by atoms with Crippen molar-refractivity contribution in [1.82, 2.24) is 19.8 Å². The first-order valence-corrected chi connectivity index (χ1v) is 15.0. The SMILES string of the molecule is CCc1nc(C(N)=O)c(Nc2ccc(N3CCC(N4CCN(C)CC4)CC3)c(C)c2)nc1NC1CCC(O)CC1. The average Bonchev–Trinajstić information content (AvgIpc) is 2.95. The first-order chi connectivity index (χ1) is 19.3. The fraction of sp³-hybridized carbons (Fsp3) is 0.633. The molecule has 0 atom stereocenters. The summed E-state index contributed by atoms with van der Waals surface area (Å²) in [6, 6.07) is 7.22. The molecule has 1 saturated carbocycles. The number of amides is 1. The van der Waals surface area contributed by atoms with E-state index in [1.54, 1.807) is 0 Å². The molecule has 218 valence electrons. The van der Waals surface area contributed by atoms with Gasteiger partial charge in [-0.2, -0.15) is 0 Å². The van der Waals surface area contributed by atoms with Crippen molar-refractivity contribution < 1.29 is 9.90 Å². The molecule has 1 amide bonds. The van der Waals surface area contributed by atoms with Crippen LogP contribution in [0.5, 0.6) is 0 Å². The van der Waals surface area contributed by atoms with E-state index in [0.29, 0.717) is 24.1 Å². The Morgan fingerprint density at radius 2 is 1.70 bits per heavy atom. The standard InChI is InChI=1S/C30H46N8O2/c1-4-25-29(32-21-5-8-24(39)9-6-21)35-30(27(34-25)28(31)40)33-22-7-10-26(20(2)19-22)38-13-11-23(12-14-38)37-17-15-36(3)16-18-37/h7,10,19,21,23-24,39H,4-6,8-9,11-18H2,1-3H3,(H2,31,40)(H2,32,33,35).